The summed E-state index contributed by atoms with van der Waals surface area (Å²) in [6.45, 7) is 3.90. The maximum atomic E-state index is 13.0. The number of benzene rings is 2. The van der Waals surface area contributed by atoms with Crippen LogP contribution in [0.15, 0.2) is 36.4 Å². The largest absolute Gasteiger partial charge is 0.486 e. The number of hydrogen-bond donors (Lipinski definition) is 0. The first-order valence-corrected chi connectivity index (χ1v) is 8.04. The standard InChI is InChI=1S/C19H19NO3/c1-13-4-2-5-14-6-3-9-20(18(13)14)19(21)15-7-8-16-17(12-15)23-11-10-22-16/h2,4-5,7-8,12H,3,6,9-11H2,1H3. The molecule has 0 spiro atoms. The van der Waals surface area contributed by atoms with Crippen molar-refractivity contribution in [3.05, 3.63) is 53.1 Å². The first-order valence-electron chi connectivity index (χ1n) is 8.04. The minimum atomic E-state index is 0.0252. The van der Waals surface area contributed by atoms with Gasteiger partial charge in [-0.15, -0.1) is 0 Å². The van der Waals surface area contributed by atoms with Crippen molar-refractivity contribution in [2.45, 2.75) is 19.8 Å². The molecule has 0 aliphatic carbocycles. The topological polar surface area (TPSA) is 38.8 Å². The van der Waals surface area contributed by atoms with E-state index in [2.05, 4.69) is 25.1 Å². The fourth-order valence-electron chi connectivity index (χ4n) is 3.38. The molecule has 0 saturated heterocycles. The van der Waals surface area contributed by atoms with E-state index >= 15 is 0 Å². The van der Waals surface area contributed by atoms with Gasteiger partial charge >= 0.3 is 0 Å². The number of anilines is 1. The molecule has 2 aliphatic rings. The third-order valence-corrected chi connectivity index (χ3v) is 4.45. The number of amides is 1. The summed E-state index contributed by atoms with van der Waals surface area (Å²) < 4.78 is 11.1. The molecule has 0 radical (unpaired) electrons. The number of carbonyl (C=O) groups excluding carboxylic acids is 1. The smallest absolute Gasteiger partial charge is 0.258 e. The molecule has 4 heteroatoms. The van der Waals surface area contributed by atoms with Crippen molar-refractivity contribution in [2.75, 3.05) is 24.7 Å². The van der Waals surface area contributed by atoms with Crippen LogP contribution in [0, 0.1) is 6.92 Å². The van der Waals surface area contributed by atoms with Crippen molar-refractivity contribution in [1.29, 1.82) is 0 Å². The van der Waals surface area contributed by atoms with E-state index in [0.29, 0.717) is 30.3 Å². The van der Waals surface area contributed by atoms with Crippen LogP contribution >= 0.6 is 0 Å². The van der Waals surface area contributed by atoms with Crippen molar-refractivity contribution in [1.82, 2.24) is 0 Å². The number of nitrogens with zero attached hydrogens (tertiary/aromatic N) is 1. The number of para-hydroxylation sites is 1. The first kappa shape index (κ1) is 14.1. The summed E-state index contributed by atoms with van der Waals surface area (Å²) in [6.07, 6.45) is 2.02. The second-order valence-electron chi connectivity index (χ2n) is 6.00. The van der Waals surface area contributed by atoms with Crippen LogP contribution in [0.1, 0.15) is 27.9 Å². The second-order valence-corrected chi connectivity index (χ2v) is 6.00. The predicted octanol–water partition coefficient (Wildman–Crippen LogP) is 3.36. The predicted molar refractivity (Wildman–Crippen MR) is 88.6 cm³/mol. The molecule has 118 valence electrons. The number of hydrogen-bond acceptors (Lipinski definition) is 3. The maximum absolute atomic E-state index is 13.0. The summed E-state index contributed by atoms with van der Waals surface area (Å²) in [4.78, 5) is 14.9. The third kappa shape index (κ3) is 2.44. The number of aryl methyl sites for hydroxylation is 2. The van der Waals surface area contributed by atoms with Crippen LogP contribution < -0.4 is 14.4 Å². The van der Waals surface area contributed by atoms with E-state index in [9.17, 15) is 4.79 Å². The van der Waals surface area contributed by atoms with E-state index in [1.165, 1.54) is 5.56 Å². The molecule has 1 amide bonds. The van der Waals surface area contributed by atoms with Crippen LogP contribution in [-0.4, -0.2) is 25.7 Å². The maximum Gasteiger partial charge on any atom is 0.258 e. The zero-order chi connectivity index (χ0) is 15.8. The molecular formula is C19H19NO3. The molecule has 2 aromatic carbocycles. The first-order chi connectivity index (χ1) is 11.2. The van der Waals surface area contributed by atoms with Crippen molar-refractivity contribution < 1.29 is 14.3 Å². The van der Waals surface area contributed by atoms with Crippen LogP contribution in [0.5, 0.6) is 11.5 Å². The molecule has 23 heavy (non-hydrogen) atoms. The summed E-state index contributed by atoms with van der Waals surface area (Å²) >= 11 is 0. The highest BCUT2D eigenvalue weighted by Crippen LogP contribution is 2.34. The van der Waals surface area contributed by atoms with Crippen molar-refractivity contribution in [3.63, 3.8) is 0 Å². The summed E-state index contributed by atoms with van der Waals surface area (Å²) in [6, 6.07) is 11.7. The SMILES string of the molecule is Cc1cccc2c1N(C(=O)c1ccc3c(c1)OCCO3)CCC2. The molecule has 2 aliphatic heterocycles. The highest BCUT2D eigenvalue weighted by atomic mass is 16.6. The van der Waals surface area contributed by atoms with Gasteiger partial charge in [0.05, 0.1) is 5.69 Å². The normalized spacial score (nSPS) is 16.0. The minimum absolute atomic E-state index is 0.0252. The lowest BCUT2D eigenvalue weighted by atomic mass is 9.97. The van der Waals surface area contributed by atoms with Gasteiger partial charge in [0.1, 0.15) is 13.2 Å². The van der Waals surface area contributed by atoms with Gasteiger partial charge in [-0.3, -0.25) is 4.79 Å². The number of ether oxygens (including phenoxy) is 2. The molecule has 4 rings (SSSR count). The average Bonchev–Trinajstić information content (AvgIpc) is 2.60. The van der Waals surface area contributed by atoms with Gasteiger partial charge < -0.3 is 14.4 Å². The Morgan fingerprint density at radius 3 is 2.78 bits per heavy atom. The third-order valence-electron chi connectivity index (χ3n) is 4.45. The number of carbonyl (C=O) groups is 1. The van der Waals surface area contributed by atoms with Gasteiger partial charge in [-0.05, 0) is 49.1 Å². The zero-order valence-corrected chi connectivity index (χ0v) is 13.2. The van der Waals surface area contributed by atoms with Gasteiger partial charge in [0.2, 0.25) is 0 Å². The lowest BCUT2D eigenvalue weighted by Gasteiger charge is -2.31. The van der Waals surface area contributed by atoms with E-state index in [0.717, 1.165) is 30.6 Å². The van der Waals surface area contributed by atoms with E-state index in [-0.39, 0.29) is 5.91 Å². The van der Waals surface area contributed by atoms with Gasteiger partial charge in [-0.25, -0.2) is 0 Å². The fourth-order valence-corrected chi connectivity index (χ4v) is 3.38. The minimum Gasteiger partial charge on any atom is -0.486 e. The summed E-state index contributed by atoms with van der Waals surface area (Å²) in [7, 11) is 0. The van der Waals surface area contributed by atoms with Crippen LogP contribution in [0.2, 0.25) is 0 Å². The molecule has 2 aromatic rings. The van der Waals surface area contributed by atoms with Gasteiger partial charge in [-0.1, -0.05) is 18.2 Å². The van der Waals surface area contributed by atoms with Gasteiger partial charge in [-0.2, -0.15) is 0 Å². The van der Waals surface area contributed by atoms with Crippen molar-refractivity contribution in [2.24, 2.45) is 0 Å². The monoisotopic (exact) mass is 309 g/mol. The Bertz CT molecular complexity index is 769. The van der Waals surface area contributed by atoms with Gasteiger partial charge in [0, 0.05) is 12.1 Å². The average molecular weight is 309 g/mol. The second kappa shape index (κ2) is 5.61. The fraction of sp³-hybridized carbons (Fsp3) is 0.316. The Morgan fingerprint density at radius 2 is 1.91 bits per heavy atom. The number of fused-ring (bicyclic) bond motifs is 2. The van der Waals surface area contributed by atoms with Gasteiger partial charge in [0.15, 0.2) is 11.5 Å². The Morgan fingerprint density at radius 1 is 1.09 bits per heavy atom. The Labute approximate surface area is 135 Å². The molecule has 0 unspecified atom stereocenters. The lowest BCUT2D eigenvalue weighted by Crippen LogP contribution is -2.36. The highest BCUT2D eigenvalue weighted by Gasteiger charge is 2.26. The molecule has 0 fully saturated rings. The summed E-state index contributed by atoms with van der Waals surface area (Å²) in [5.74, 6) is 1.39. The van der Waals surface area contributed by atoms with E-state index in [4.69, 9.17) is 9.47 Å². The molecule has 0 atom stereocenters. The Hall–Kier alpha value is -2.49. The van der Waals surface area contributed by atoms with Crippen LogP contribution in [-0.2, 0) is 6.42 Å². The van der Waals surface area contributed by atoms with Crippen LogP contribution in [0.4, 0.5) is 5.69 Å². The van der Waals surface area contributed by atoms with E-state index in [1.54, 1.807) is 6.07 Å². The Balaban J connectivity index is 1.71. The molecular weight excluding hydrogens is 290 g/mol. The van der Waals surface area contributed by atoms with E-state index < -0.39 is 0 Å². The summed E-state index contributed by atoms with van der Waals surface area (Å²) in [5, 5.41) is 0. The molecule has 4 nitrogen and oxygen atoms in total. The van der Waals surface area contributed by atoms with Crippen molar-refractivity contribution >= 4 is 11.6 Å². The molecule has 0 aromatic heterocycles. The van der Waals surface area contributed by atoms with Gasteiger partial charge in [0.25, 0.3) is 5.91 Å². The van der Waals surface area contributed by atoms with Crippen LogP contribution in [0.3, 0.4) is 0 Å². The molecule has 0 N–H and O–H groups in total. The van der Waals surface area contributed by atoms with Crippen LogP contribution in [0.25, 0.3) is 0 Å². The lowest BCUT2D eigenvalue weighted by molar-refractivity contribution is 0.0983. The van der Waals surface area contributed by atoms with Crippen molar-refractivity contribution in [3.8, 4) is 11.5 Å². The highest BCUT2D eigenvalue weighted by molar-refractivity contribution is 6.07. The summed E-state index contributed by atoms with van der Waals surface area (Å²) in [5.41, 5.74) is 4.11. The Kier molecular flexibility index (Phi) is 3.45. The molecule has 2 heterocycles. The zero-order valence-electron chi connectivity index (χ0n) is 13.2. The van der Waals surface area contributed by atoms with E-state index in [1.807, 2.05) is 17.0 Å². The molecule has 0 saturated carbocycles. The number of rotatable bonds is 1. The molecule has 0 bridgehead atoms. The quantitative estimate of drug-likeness (QED) is 0.811.